The third kappa shape index (κ3) is 6.94. The number of fused-ring (bicyclic) bond motifs is 3. The molecule has 0 bridgehead atoms. The second-order valence-corrected chi connectivity index (χ2v) is 14.7. The van der Waals surface area contributed by atoms with Crippen molar-refractivity contribution in [3.63, 3.8) is 0 Å². The molecule has 0 fully saturated rings. The molecule has 2 atom stereocenters. The highest BCUT2D eigenvalue weighted by molar-refractivity contribution is 6.08. The van der Waals surface area contributed by atoms with Crippen molar-refractivity contribution < 1.29 is 13.4 Å². The van der Waals surface area contributed by atoms with Gasteiger partial charge in [0.15, 0.2) is 5.71 Å². The summed E-state index contributed by atoms with van der Waals surface area (Å²) in [5.74, 6) is -0.569. The standard InChI is InChI=1S/C46H49F2N2/c1-33(2)27-29-50-41-26-24-36-19-12-13-20-39(36)44(41)46(5,32-37-23-25-38(47)30-40(37)48)43(50)22-15-21-42-45(4,31-35-17-10-7-11-18-35)34(3)16-9-8-14-28-49(42)6/h7-26,30,33H,3,27-29,31-32H2,1-2,4-6H3/q+1/b14-8-,16-9-. The Balaban J connectivity index is 1.53. The molecule has 0 saturated heterocycles. The van der Waals surface area contributed by atoms with E-state index >= 15 is 4.39 Å². The van der Waals surface area contributed by atoms with E-state index in [9.17, 15) is 4.39 Å². The number of benzene rings is 4. The normalized spacial score (nSPS) is 23.1. The second-order valence-electron chi connectivity index (χ2n) is 14.7. The lowest BCUT2D eigenvalue weighted by molar-refractivity contribution is -0.439. The fraction of sp³-hybridized carbons (Fsp3) is 0.283. The smallest absolute Gasteiger partial charge is 0.210 e. The predicted molar refractivity (Wildman–Crippen MR) is 206 cm³/mol. The number of hydrogen-bond acceptors (Lipinski definition) is 1. The molecule has 0 saturated carbocycles. The third-order valence-electron chi connectivity index (χ3n) is 10.6. The fourth-order valence-electron chi connectivity index (χ4n) is 7.83. The van der Waals surface area contributed by atoms with Crippen LogP contribution in [-0.2, 0) is 18.3 Å². The first-order valence-electron chi connectivity index (χ1n) is 17.8. The van der Waals surface area contributed by atoms with E-state index in [2.05, 4.69) is 160 Å². The van der Waals surface area contributed by atoms with E-state index in [1.807, 2.05) is 0 Å². The molecule has 0 N–H and O–H groups in total. The highest BCUT2D eigenvalue weighted by Crippen LogP contribution is 2.47. The molecule has 2 unspecified atom stereocenters. The molecule has 6 rings (SSSR count). The topological polar surface area (TPSA) is 6.25 Å². The van der Waals surface area contributed by atoms with E-state index in [4.69, 9.17) is 0 Å². The zero-order valence-electron chi connectivity index (χ0n) is 30.1. The molecule has 256 valence electrons. The van der Waals surface area contributed by atoms with Crippen LogP contribution in [0.2, 0.25) is 0 Å². The van der Waals surface area contributed by atoms with Gasteiger partial charge in [0.05, 0.1) is 5.41 Å². The van der Waals surface area contributed by atoms with Crippen molar-refractivity contribution in [2.24, 2.45) is 11.3 Å². The average molecular weight is 668 g/mol. The molecular weight excluding hydrogens is 619 g/mol. The number of rotatable bonds is 9. The van der Waals surface area contributed by atoms with Crippen LogP contribution in [0, 0.1) is 23.0 Å². The molecule has 4 aromatic rings. The Morgan fingerprint density at radius 2 is 1.66 bits per heavy atom. The lowest BCUT2D eigenvalue weighted by atomic mass is 9.72. The van der Waals surface area contributed by atoms with Gasteiger partial charge in [-0.2, -0.15) is 4.58 Å². The van der Waals surface area contributed by atoms with Gasteiger partial charge in [-0.15, -0.1) is 0 Å². The molecule has 0 amide bonds. The largest absolute Gasteiger partial charge is 0.373 e. The quantitative estimate of drug-likeness (QED) is 0.161. The van der Waals surface area contributed by atoms with Crippen LogP contribution >= 0.6 is 0 Å². The summed E-state index contributed by atoms with van der Waals surface area (Å²) in [6, 6.07) is 27.5. The van der Waals surface area contributed by atoms with Crippen LogP contribution in [0.5, 0.6) is 0 Å². The van der Waals surface area contributed by atoms with E-state index in [-0.39, 0.29) is 5.41 Å². The Labute approximate surface area is 297 Å². The summed E-state index contributed by atoms with van der Waals surface area (Å²) < 4.78 is 32.0. The number of hydrogen-bond donors (Lipinski definition) is 0. The molecule has 4 aromatic carbocycles. The number of halogens is 2. The minimum absolute atomic E-state index is 0.375. The maximum Gasteiger partial charge on any atom is 0.210 e. The molecule has 0 aliphatic carbocycles. The highest BCUT2D eigenvalue weighted by Gasteiger charge is 2.49. The third-order valence-corrected chi connectivity index (χ3v) is 10.6. The van der Waals surface area contributed by atoms with Crippen molar-refractivity contribution in [2.45, 2.75) is 52.4 Å². The first-order chi connectivity index (χ1) is 24.0. The summed E-state index contributed by atoms with van der Waals surface area (Å²) in [6.45, 7) is 15.2. The monoisotopic (exact) mass is 667 g/mol. The molecule has 0 radical (unpaired) electrons. The van der Waals surface area contributed by atoms with E-state index < -0.39 is 17.0 Å². The molecule has 0 aromatic heterocycles. The van der Waals surface area contributed by atoms with Gasteiger partial charge >= 0.3 is 0 Å². The molecule has 0 spiro atoms. The van der Waals surface area contributed by atoms with Crippen molar-refractivity contribution in [2.75, 3.05) is 20.1 Å². The SMILES string of the molecule is C=C1/C=C\C=C/CN(C)/C(=C/C=C/C2=[N+](CCC(C)C)c3ccc4ccccc4c3C2(C)Cc2ccc(F)cc2F)C1(C)Cc1ccccc1. The molecule has 2 aliphatic rings. The summed E-state index contributed by atoms with van der Waals surface area (Å²) in [7, 11) is 2.15. The summed E-state index contributed by atoms with van der Waals surface area (Å²) in [4.78, 5) is 2.31. The van der Waals surface area contributed by atoms with E-state index in [0.29, 0.717) is 17.9 Å². The molecular formula is C46H49F2N2+. The number of nitrogens with zero attached hydrogens (tertiary/aromatic N) is 2. The van der Waals surface area contributed by atoms with Gasteiger partial charge in [0.25, 0.3) is 0 Å². The Morgan fingerprint density at radius 3 is 2.42 bits per heavy atom. The van der Waals surface area contributed by atoms with Gasteiger partial charge in [0.1, 0.15) is 18.2 Å². The number of likely N-dealkylation sites (N-methyl/N-ethyl adjacent to an activating group) is 1. The van der Waals surface area contributed by atoms with Crippen LogP contribution in [0.25, 0.3) is 10.8 Å². The van der Waals surface area contributed by atoms with Gasteiger partial charge < -0.3 is 4.90 Å². The van der Waals surface area contributed by atoms with E-state index in [0.717, 1.165) is 59.7 Å². The van der Waals surface area contributed by atoms with E-state index in [1.165, 1.54) is 22.9 Å². The van der Waals surface area contributed by atoms with Crippen molar-refractivity contribution in [1.82, 2.24) is 4.90 Å². The van der Waals surface area contributed by atoms with Gasteiger partial charge in [0.2, 0.25) is 5.69 Å². The van der Waals surface area contributed by atoms with Crippen molar-refractivity contribution >= 4 is 22.2 Å². The summed E-state index contributed by atoms with van der Waals surface area (Å²) in [6.07, 6.45) is 17.3. The van der Waals surface area contributed by atoms with E-state index in [1.54, 1.807) is 6.07 Å². The van der Waals surface area contributed by atoms with Crippen LogP contribution in [0.15, 0.2) is 145 Å². The first-order valence-corrected chi connectivity index (χ1v) is 17.8. The summed E-state index contributed by atoms with van der Waals surface area (Å²) >= 11 is 0. The van der Waals surface area contributed by atoms with Crippen LogP contribution in [-0.4, -0.2) is 35.3 Å². The minimum atomic E-state index is -0.590. The van der Waals surface area contributed by atoms with Crippen molar-refractivity contribution in [1.29, 1.82) is 0 Å². The van der Waals surface area contributed by atoms with Gasteiger partial charge in [-0.05, 0) is 78.3 Å². The molecule has 4 heteroatoms. The Bertz CT molecular complexity index is 2050. The Kier molecular flexibility index (Phi) is 10.2. The summed E-state index contributed by atoms with van der Waals surface area (Å²) in [5, 5.41) is 2.31. The fourth-order valence-corrected chi connectivity index (χ4v) is 7.83. The predicted octanol–water partition coefficient (Wildman–Crippen LogP) is 11.1. The van der Waals surface area contributed by atoms with Crippen LogP contribution < -0.4 is 0 Å². The molecule has 50 heavy (non-hydrogen) atoms. The highest BCUT2D eigenvalue weighted by atomic mass is 19.1. The van der Waals surface area contributed by atoms with Gasteiger partial charge in [-0.1, -0.05) is 111 Å². The van der Waals surface area contributed by atoms with Gasteiger partial charge in [-0.3, -0.25) is 0 Å². The lowest BCUT2D eigenvalue weighted by Gasteiger charge is -2.38. The molecule has 2 heterocycles. The van der Waals surface area contributed by atoms with Gasteiger partial charge in [-0.25, -0.2) is 8.78 Å². The minimum Gasteiger partial charge on any atom is -0.373 e. The zero-order valence-corrected chi connectivity index (χ0v) is 30.1. The van der Waals surface area contributed by atoms with Crippen LogP contribution in [0.3, 0.4) is 0 Å². The maximum absolute atomic E-state index is 15.5. The second kappa shape index (κ2) is 14.6. The Hall–Kier alpha value is -4.83. The van der Waals surface area contributed by atoms with Crippen molar-refractivity contribution in [3.05, 3.63) is 174 Å². The van der Waals surface area contributed by atoms with Crippen molar-refractivity contribution in [3.8, 4) is 0 Å². The summed E-state index contributed by atoms with van der Waals surface area (Å²) in [5.41, 5.74) is 6.45. The average Bonchev–Trinajstić information content (AvgIpc) is 3.35. The number of allylic oxidation sites excluding steroid dienone is 7. The molecule has 2 nitrogen and oxygen atoms in total. The zero-order chi connectivity index (χ0) is 35.5. The van der Waals surface area contributed by atoms with Crippen LogP contribution in [0.1, 0.15) is 50.8 Å². The lowest BCUT2D eigenvalue weighted by Crippen LogP contribution is -2.35. The Morgan fingerprint density at radius 1 is 0.900 bits per heavy atom. The van der Waals surface area contributed by atoms with Gasteiger partial charge in [0, 0.05) is 54.9 Å². The maximum atomic E-state index is 15.5. The first kappa shape index (κ1) is 35.0. The molecule has 2 aliphatic heterocycles. The van der Waals surface area contributed by atoms with Crippen LogP contribution in [0.4, 0.5) is 14.5 Å².